The molecule has 0 fully saturated rings. The summed E-state index contributed by atoms with van der Waals surface area (Å²) in [5.41, 5.74) is 0.849. The van der Waals surface area contributed by atoms with E-state index in [1.54, 1.807) is 23.3 Å². The fourth-order valence-electron chi connectivity index (χ4n) is 2.44. The van der Waals surface area contributed by atoms with Crippen LogP contribution in [0.25, 0.3) is 0 Å². The van der Waals surface area contributed by atoms with Crippen molar-refractivity contribution in [2.24, 2.45) is 11.8 Å². The van der Waals surface area contributed by atoms with Crippen molar-refractivity contribution in [1.82, 2.24) is 9.88 Å². The van der Waals surface area contributed by atoms with Crippen molar-refractivity contribution >= 4 is 23.2 Å². The molecular formula is C14H18N2O3S. The van der Waals surface area contributed by atoms with Crippen LogP contribution in [0.2, 0.25) is 0 Å². The van der Waals surface area contributed by atoms with E-state index in [2.05, 4.69) is 4.98 Å². The van der Waals surface area contributed by atoms with Gasteiger partial charge in [0.1, 0.15) is 0 Å². The lowest BCUT2D eigenvalue weighted by molar-refractivity contribution is -0.150. The van der Waals surface area contributed by atoms with Crippen molar-refractivity contribution in [1.29, 1.82) is 0 Å². The summed E-state index contributed by atoms with van der Waals surface area (Å²) >= 11 is 1.54. The predicted molar refractivity (Wildman–Crippen MR) is 76.3 cm³/mol. The maximum atomic E-state index is 12.4. The molecule has 0 bridgehead atoms. The van der Waals surface area contributed by atoms with E-state index >= 15 is 0 Å². The summed E-state index contributed by atoms with van der Waals surface area (Å²) in [6, 6.07) is 0. The molecular weight excluding hydrogens is 276 g/mol. The Kier molecular flexibility index (Phi) is 4.54. The number of nitrogens with zero attached hydrogens (tertiary/aromatic N) is 2. The Morgan fingerprint density at radius 1 is 1.40 bits per heavy atom. The van der Waals surface area contributed by atoms with E-state index in [1.165, 1.54) is 0 Å². The Bertz CT molecular complexity index is 538. The fourth-order valence-corrected chi connectivity index (χ4v) is 3.05. The van der Waals surface area contributed by atoms with Gasteiger partial charge in [0.15, 0.2) is 0 Å². The van der Waals surface area contributed by atoms with Crippen molar-refractivity contribution in [2.45, 2.75) is 26.3 Å². The number of hydrogen-bond acceptors (Lipinski definition) is 4. The molecule has 6 heteroatoms. The summed E-state index contributed by atoms with van der Waals surface area (Å²) in [5.74, 6) is -2.10. The zero-order valence-electron chi connectivity index (χ0n) is 11.6. The molecule has 0 spiro atoms. The number of carboxylic acids is 1. The standard InChI is InChI=1S/C14H18N2O3S/c1-9-15-10(8-20-9)7-16(2)13(17)11-5-3-4-6-12(11)14(18)19/h3-4,8,11-12H,5-7H2,1-2H3,(H,18,19)/t11-,12+/m1/s1. The predicted octanol–water partition coefficient (Wildman–Crippen LogP) is 2.08. The summed E-state index contributed by atoms with van der Waals surface area (Å²) in [7, 11) is 1.70. The van der Waals surface area contributed by atoms with Crippen LogP contribution in [0.5, 0.6) is 0 Å². The number of thiazole rings is 1. The molecule has 108 valence electrons. The number of aliphatic carboxylic acids is 1. The van der Waals surface area contributed by atoms with Gasteiger partial charge < -0.3 is 10.0 Å². The van der Waals surface area contributed by atoms with Gasteiger partial charge in [-0.25, -0.2) is 4.98 Å². The minimum atomic E-state index is -0.898. The highest BCUT2D eigenvalue weighted by Gasteiger charge is 2.35. The first kappa shape index (κ1) is 14.7. The average Bonchev–Trinajstić information content (AvgIpc) is 2.83. The molecule has 2 rings (SSSR count). The second-order valence-electron chi connectivity index (χ2n) is 5.05. The summed E-state index contributed by atoms with van der Waals surface area (Å²) in [6.45, 7) is 2.35. The smallest absolute Gasteiger partial charge is 0.307 e. The highest BCUT2D eigenvalue weighted by molar-refractivity contribution is 7.09. The van der Waals surface area contributed by atoms with Crippen LogP contribution >= 0.6 is 11.3 Å². The molecule has 1 aromatic rings. The van der Waals surface area contributed by atoms with E-state index < -0.39 is 17.8 Å². The molecule has 1 aliphatic carbocycles. The van der Waals surface area contributed by atoms with Crippen LogP contribution in [0.3, 0.4) is 0 Å². The Morgan fingerprint density at radius 3 is 2.60 bits per heavy atom. The monoisotopic (exact) mass is 294 g/mol. The van der Waals surface area contributed by atoms with Gasteiger partial charge in [-0.05, 0) is 19.8 Å². The second kappa shape index (κ2) is 6.17. The van der Waals surface area contributed by atoms with Gasteiger partial charge in [-0.3, -0.25) is 9.59 Å². The van der Waals surface area contributed by atoms with Crippen LogP contribution in [0.1, 0.15) is 23.5 Å². The Labute approximate surface area is 121 Å². The molecule has 1 aromatic heterocycles. The van der Waals surface area contributed by atoms with Crippen LogP contribution in [0.15, 0.2) is 17.5 Å². The zero-order valence-corrected chi connectivity index (χ0v) is 12.4. The highest BCUT2D eigenvalue weighted by Crippen LogP contribution is 2.27. The lowest BCUT2D eigenvalue weighted by atomic mass is 9.82. The maximum Gasteiger partial charge on any atom is 0.307 e. The largest absolute Gasteiger partial charge is 0.481 e. The number of amides is 1. The topological polar surface area (TPSA) is 70.5 Å². The molecule has 1 N–H and O–H groups in total. The minimum absolute atomic E-state index is 0.118. The first-order chi connectivity index (χ1) is 9.49. The molecule has 0 saturated carbocycles. The van der Waals surface area contributed by atoms with Gasteiger partial charge in [-0.2, -0.15) is 0 Å². The van der Waals surface area contributed by atoms with Gasteiger partial charge in [0.05, 0.1) is 29.1 Å². The Hall–Kier alpha value is -1.69. The molecule has 0 aliphatic heterocycles. The van der Waals surface area contributed by atoms with E-state index in [9.17, 15) is 14.7 Å². The molecule has 1 heterocycles. The number of allylic oxidation sites excluding steroid dienone is 2. The Morgan fingerprint density at radius 2 is 2.05 bits per heavy atom. The van der Waals surface area contributed by atoms with Crippen molar-refractivity contribution in [3.05, 3.63) is 28.2 Å². The van der Waals surface area contributed by atoms with Crippen LogP contribution < -0.4 is 0 Å². The van der Waals surface area contributed by atoms with Crippen LogP contribution in [0, 0.1) is 18.8 Å². The molecule has 0 radical (unpaired) electrons. The molecule has 1 aliphatic rings. The fraction of sp³-hybridized carbons (Fsp3) is 0.500. The van der Waals surface area contributed by atoms with Gasteiger partial charge in [0, 0.05) is 12.4 Å². The lowest BCUT2D eigenvalue weighted by Gasteiger charge is -2.28. The maximum absolute atomic E-state index is 12.4. The van der Waals surface area contributed by atoms with Gasteiger partial charge in [-0.1, -0.05) is 12.2 Å². The number of carboxylic acid groups (broad SMARTS) is 1. The second-order valence-corrected chi connectivity index (χ2v) is 6.11. The van der Waals surface area contributed by atoms with Crippen LogP contribution in [-0.2, 0) is 16.1 Å². The number of aromatic nitrogens is 1. The summed E-state index contributed by atoms with van der Waals surface area (Å²) in [4.78, 5) is 29.6. The number of carbonyl (C=O) groups is 2. The molecule has 5 nitrogen and oxygen atoms in total. The molecule has 0 aromatic carbocycles. The number of aryl methyl sites for hydroxylation is 1. The van der Waals surface area contributed by atoms with Gasteiger partial charge in [-0.15, -0.1) is 11.3 Å². The molecule has 2 atom stereocenters. The van der Waals surface area contributed by atoms with E-state index in [4.69, 9.17) is 0 Å². The zero-order chi connectivity index (χ0) is 14.7. The van der Waals surface area contributed by atoms with Gasteiger partial charge in [0.2, 0.25) is 5.91 Å². The molecule has 1 amide bonds. The third kappa shape index (κ3) is 3.25. The van der Waals surface area contributed by atoms with E-state index in [1.807, 2.05) is 24.5 Å². The number of carbonyl (C=O) groups excluding carboxylic acids is 1. The van der Waals surface area contributed by atoms with Crippen molar-refractivity contribution < 1.29 is 14.7 Å². The summed E-state index contributed by atoms with van der Waals surface area (Å²) in [6.07, 6.45) is 4.65. The lowest BCUT2D eigenvalue weighted by Crippen LogP contribution is -2.39. The first-order valence-corrected chi connectivity index (χ1v) is 7.40. The first-order valence-electron chi connectivity index (χ1n) is 6.53. The van der Waals surface area contributed by atoms with E-state index in [0.717, 1.165) is 10.7 Å². The summed E-state index contributed by atoms with van der Waals surface area (Å²) in [5, 5.41) is 12.1. The third-order valence-corrected chi connectivity index (χ3v) is 4.33. The van der Waals surface area contributed by atoms with Gasteiger partial charge >= 0.3 is 5.97 Å². The molecule has 20 heavy (non-hydrogen) atoms. The number of hydrogen-bond donors (Lipinski definition) is 1. The summed E-state index contributed by atoms with van der Waals surface area (Å²) < 4.78 is 0. The van der Waals surface area contributed by atoms with Crippen LogP contribution in [-0.4, -0.2) is 33.9 Å². The normalized spacial score (nSPS) is 21.7. The quantitative estimate of drug-likeness (QED) is 0.863. The van der Waals surface area contributed by atoms with E-state index in [-0.39, 0.29) is 5.91 Å². The minimum Gasteiger partial charge on any atom is -0.481 e. The highest BCUT2D eigenvalue weighted by atomic mass is 32.1. The van der Waals surface area contributed by atoms with Crippen molar-refractivity contribution in [3.63, 3.8) is 0 Å². The van der Waals surface area contributed by atoms with E-state index in [0.29, 0.717) is 19.4 Å². The van der Waals surface area contributed by atoms with Gasteiger partial charge in [0.25, 0.3) is 0 Å². The number of rotatable bonds is 4. The average molecular weight is 294 g/mol. The van der Waals surface area contributed by atoms with Crippen LogP contribution in [0.4, 0.5) is 0 Å². The molecule has 0 unspecified atom stereocenters. The van der Waals surface area contributed by atoms with Crippen molar-refractivity contribution in [2.75, 3.05) is 7.05 Å². The molecule has 0 saturated heterocycles. The SMILES string of the molecule is Cc1nc(CN(C)C(=O)[C@@H]2CC=CC[C@@H]2C(=O)O)cs1. The Balaban J connectivity index is 2.05. The van der Waals surface area contributed by atoms with Crippen molar-refractivity contribution in [3.8, 4) is 0 Å². The third-order valence-electron chi connectivity index (χ3n) is 3.51.